The molecule has 2 aliphatic rings. The molecule has 2 aromatic rings. The number of nitrogens with one attached hydrogen (secondary N) is 1. The first-order valence-corrected chi connectivity index (χ1v) is 8.84. The van der Waals surface area contributed by atoms with Gasteiger partial charge >= 0.3 is 6.18 Å². The summed E-state index contributed by atoms with van der Waals surface area (Å²) in [5.74, 6) is 0.947. The zero-order chi connectivity index (χ0) is 19.7. The SMILES string of the molecule is O=C1CC(c2ccc(OCc3ccccc3C(F)(F)F)cc2)C2=CCN=C2N1. The highest BCUT2D eigenvalue weighted by Crippen LogP contribution is 2.35. The summed E-state index contributed by atoms with van der Waals surface area (Å²) in [4.78, 5) is 16.2. The van der Waals surface area contributed by atoms with Gasteiger partial charge in [-0.2, -0.15) is 13.2 Å². The molecule has 144 valence electrons. The molecule has 0 aromatic heterocycles. The van der Waals surface area contributed by atoms with Gasteiger partial charge in [0.05, 0.1) is 12.1 Å². The molecule has 28 heavy (non-hydrogen) atoms. The lowest BCUT2D eigenvalue weighted by Gasteiger charge is -2.25. The van der Waals surface area contributed by atoms with E-state index in [0.717, 1.165) is 17.2 Å². The Balaban J connectivity index is 1.48. The maximum atomic E-state index is 13.1. The van der Waals surface area contributed by atoms with E-state index in [0.29, 0.717) is 24.6 Å². The second-order valence-electron chi connectivity index (χ2n) is 6.67. The van der Waals surface area contributed by atoms with E-state index in [1.54, 1.807) is 18.2 Å². The van der Waals surface area contributed by atoms with Crippen LogP contribution in [0.5, 0.6) is 5.75 Å². The van der Waals surface area contributed by atoms with Crippen molar-refractivity contribution >= 4 is 11.7 Å². The average Bonchev–Trinajstić information content (AvgIpc) is 3.14. The van der Waals surface area contributed by atoms with Crippen molar-refractivity contribution < 1.29 is 22.7 Å². The van der Waals surface area contributed by atoms with Crippen molar-refractivity contribution in [2.24, 2.45) is 4.99 Å². The molecule has 0 aliphatic carbocycles. The molecular weight excluding hydrogens is 369 g/mol. The Labute approximate surface area is 159 Å². The predicted molar refractivity (Wildman–Crippen MR) is 98.1 cm³/mol. The van der Waals surface area contributed by atoms with Crippen LogP contribution in [0.25, 0.3) is 0 Å². The van der Waals surface area contributed by atoms with Gasteiger partial charge in [0.1, 0.15) is 18.2 Å². The summed E-state index contributed by atoms with van der Waals surface area (Å²) in [6.07, 6.45) is -2.08. The van der Waals surface area contributed by atoms with Gasteiger partial charge in [-0.05, 0) is 23.8 Å². The van der Waals surface area contributed by atoms with E-state index in [-0.39, 0.29) is 24.0 Å². The van der Waals surface area contributed by atoms with Crippen molar-refractivity contribution in [2.75, 3.05) is 6.54 Å². The number of amides is 1. The molecule has 1 atom stereocenters. The van der Waals surface area contributed by atoms with E-state index < -0.39 is 11.7 Å². The molecular formula is C21H17F3N2O2. The number of benzene rings is 2. The molecule has 1 N–H and O–H groups in total. The summed E-state index contributed by atoms with van der Waals surface area (Å²) in [6, 6.07) is 12.5. The number of carbonyl (C=O) groups is 1. The van der Waals surface area contributed by atoms with Gasteiger partial charge in [0.2, 0.25) is 5.91 Å². The Kier molecular flexibility index (Phi) is 4.66. The van der Waals surface area contributed by atoms with Gasteiger partial charge in [0, 0.05) is 23.5 Å². The van der Waals surface area contributed by atoms with Crippen LogP contribution in [-0.2, 0) is 17.6 Å². The third-order valence-corrected chi connectivity index (χ3v) is 4.86. The molecule has 1 saturated heterocycles. The highest BCUT2D eigenvalue weighted by molar-refractivity contribution is 6.12. The number of ether oxygens (including phenoxy) is 1. The molecule has 0 saturated carbocycles. The Hall–Kier alpha value is -3.09. The third kappa shape index (κ3) is 3.65. The molecule has 1 fully saturated rings. The van der Waals surface area contributed by atoms with Crippen molar-refractivity contribution in [3.8, 4) is 5.75 Å². The first-order valence-electron chi connectivity index (χ1n) is 8.84. The lowest BCUT2D eigenvalue weighted by atomic mass is 9.85. The summed E-state index contributed by atoms with van der Waals surface area (Å²) in [7, 11) is 0. The van der Waals surface area contributed by atoms with E-state index in [9.17, 15) is 18.0 Å². The largest absolute Gasteiger partial charge is 0.489 e. The van der Waals surface area contributed by atoms with E-state index in [1.165, 1.54) is 12.1 Å². The van der Waals surface area contributed by atoms with Crippen molar-refractivity contribution in [2.45, 2.75) is 25.1 Å². The van der Waals surface area contributed by atoms with Gasteiger partial charge in [-0.15, -0.1) is 0 Å². The number of nitrogens with zero attached hydrogens (tertiary/aromatic N) is 1. The number of piperidine rings is 1. The highest BCUT2D eigenvalue weighted by atomic mass is 19.4. The normalized spacial score (nSPS) is 18.8. The first-order chi connectivity index (χ1) is 13.4. The van der Waals surface area contributed by atoms with Crippen molar-refractivity contribution in [3.05, 3.63) is 76.9 Å². The maximum Gasteiger partial charge on any atom is 0.416 e. The lowest BCUT2D eigenvalue weighted by Crippen LogP contribution is -2.38. The minimum atomic E-state index is -4.42. The molecule has 2 heterocycles. The number of fused-ring (bicyclic) bond motifs is 1. The van der Waals surface area contributed by atoms with Gasteiger partial charge in [-0.1, -0.05) is 36.4 Å². The molecule has 4 nitrogen and oxygen atoms in total. The molecule has 2 aliphatic heterocycles. The monoisotopic (exact) mass is 386 g/mol. The van der Waals surface area contributed by atoms with Crippen LogP contribution in [0.4, 0.5) is 13.2 Å². The Morgan fingerprint density at radius 2 is 1.86 bits per heavy atom. The third-order valence-electron chi connectivity index (χ3n) is 4.86. The van der Waals surface area contributed by atoms with Crippen LogP contribution in [0.2, 0.25) is 0 Å². The van der Waals surface area contributed by atoms with E-state index in [2.05, 4.69) is 10.3 Å². The predicted octanol–water partition coefficient (Wildman–Crippen LogP) is 4.23. The summed E-state index contributed by atoms with van der Waals surface area (Å²) >= 11 is 0. The molecule has 4 rings (SSSR count). The number of amidine groups is 1. The van der Waals surface area contributed by atoms with Gasteiger partial charge < -0.3 is 10.1 Å². The van der Waals surface area contributed by atoms with Gasteiger partial charge in [0.25, 0.3) is 0 Å². The standard InChI is InChI=1S/C21H17F3N2O2/c22-21(23,24)18-4-2-1-3-14(18)12-28-15-7-5-13(6-8-15)17-11-19(27)26-20-16(17)9-10-25-20/h1-9,17H,10-12H2,(H,25,26,27). The summed E-state index contributed by atoms with van der Waals surface area (Å²) < 4.78 is 44.8. The molecule has 1 unspecified atom stereocenters. The molecule has 0 bridgehead atoms. The Bertz CT molecular complexity index is 962. The quantitative estimate of drug-likeness (QED) is 0.855. The first kappa shape index (κ1) is 18.3. The van der Waals surface area contributed by atoms with Crippen molar-refractivity contribution in [3.63, 3.8) is 0 Å². The van der Waals surface area contributed by atoms with Crippen LogP contribution in [0.15, 0.2) is 65.2 Å². The minimum absolute atomic E-state index is 0.0741. The second kappa shape index (κ2) is 7.14. The van der Waals surface area contributed by atoms with Crippen molar-refractivity contribution in [1.29, 1.82) is 0 Å². The number of halogens is 3. The summed E-state index contributed by atoms with van der Waals surface area (Å²) in [6.45, 7) is 0.379. The number of rotatable bonds is 4. The Morgan fingerprint density at radius 1 is 1.11 bits per heavy atom. The van der Waals surface area contributed by atoms with Crippen LogP contribution < -0.4 is 10.1 Å². The molecule has 0 radical (unpaired) electrons. The van der Waals surface area contributed by atoms with Crippen molar-refractivity contribution in [1.82, 2.24) is 5.32 Å². The summed E-state index contributed by atoms with van der Waals surface area (Å²) in [5, 5.41) is 2.77. The van der Waals surface area contributed by atoms with Crippen LogP contribution in [0.3, 0.4) is 0 Å². The van der Waals surface area contributed by atoms with Crippen LogP contribution >= 0.6 is 0 Å². The molecule has 2 aromatic carbocycles. The second-order valence-corrected chi connectivity index (χ2v) is 6.67. The minimum Gasteiger partial charge on any atom is -0.489 e. The number of hydrogen-bond acceptors (Lipinski definition) is 3. The maximum absolute atomic E-state index is 13.1. The topological polar surface area (TPSA) is 50.7 Å². The van der Waals surface area contributed by atoms with Gasteiger partial charge in [-0.25, -0.2) is 0 Å². The average molecular weight is 386 g/mol. The molecule has 1 amide bonds. The Morgan fingerprint density at radius 3 is 2.61 bits per heavy atom. The number of aliphatic imine (C=N–C) groups is 1. The fourth-order valence-electron chi connectivity index (χ4n) is 3.50. The number of carbonyl (C=O) groups excluding carboxylic acids is 1. The van der Waals surface area contributed by atoms with Crippen LogP contribution in [0, 0.1) is 0 Å². The fourth-order valence-corrected chi connectivity index (χ4v) is 3.50. The van der Waals surface area contributed by atoms with E-state index in [4.69, 9.17) is 4.74 Å². The number of hydrogen-bond donors (Lipinski definition) is 1. The zero-order valence-corrected chi connectivity index (χ0v) is 14.8. The zero-order valence-electron chi connectivity index (χ0n) is 14.8. The molecule has 7 heteroatoms. The fraction of sp³-hybridized carbons (Fsp3) is 0.238. The van der Waals surface area contributed by atoms with E-state index >= 15 is 0 Å². The molecule has 0 spiro atoms. The van der Waals surface area contributed by atoms with Crippen LogP contribution in [0.1, 0.15) is 29.0 Å². The lowest BCUT2D eigenvalue weighted by molar-refractivity contribution is -0.138. The number of alkyl halides is 3. The van der Waals surface area contributed by atoms with Gasteiger partial charge in [-0.3, -0.25) is 9.79 Å². The summed E-state index contributed by atoms with van der Waals surface area (Å²) in [5.41, 5.74) is 1.34. The van der Waals surface area contributed by atoms with E-state index in [1.807, 2.05) is 18.2 Å². The highest BCUT2D eigenvalue weighted by Gasteiger charge is 2.33. The van der Waals surface area contributed by atoms with Crippen LogP contribution in [-0.4, -0.2) is 18.3 Å². The smallest absolute Gasteiger partial charge is 0.416 e. The van der Waals surface area contributed by atoms with Gasteiger partial charge in [0.15, 0.2) is 0 Å².